The van der Waals surface area contributed by atoms with E-state index in [1.54, 1.807) is 38.1 Å². The molecule has 1 rings (SSSR count). The van der Waals surface area contributed by atoms with Crippen LogP contribution in [0.25, 0.3) is 0 Å². The Morgan fingerprint density at radius 2 is 1.82 bits per heavy atom. The fourth-order valence-corrected chi connectivity index (χ4v) is 1.80. The van der Waals surface area contributed by atoms with Crippen LogP contribution >= 0.6 is 15.9 Å². The van der Waals surface area contributed by atoms with Crippen molar-refractivity contribution in [1.29, 1.82) is 0 Å². The Morgan fingerprint density at radius 3 is 2.32 bits per heavy atom. The number of ether oxygens (including phenoxy) is 2. The van der Waals surface area contributed by atoms with Gasteiger partial charge in [0, 0.05) is 4.47 Å². The molecule has 8 heteroatoms. The fourth-order valence-electron chi connectivity index (χ4n) is 1.53. The molecule has 0 unspecified atom stereocenters. The van der Waals surface area contributed by atoms with Gasteiger partial charge in [-0.2, -0.15) is 0 Å². The van der Waals surface area contributed by atoms with E-state index in [0.717, 1.165) is 4.47 Å². The summed E-state index contributed by atoms with van der Waals surface area (Å²) in [5.41, 5.74) is 4.87. The van der Waals surface area contributed by atoms with Crippen LogP contribution in [0.1, 0.15) is 13.8 Å². The van der Waals surface area contributed by atoms with E-state index in [9.17, 15) is 14.4 Å². The predicted molar refractivity (Wildman–Crippen MR) is 82.1 cm³/mol. The van der Waals surface area contributed by atoms with Gasteiger partial charge in [0.25, 0.3) is 5.91 Å². The van der Waals surface area contributed by atoms with Crippen molar-refractivity contribution in [3.8, 4) is 5.75 Å². The van der Waals surface area contributed by atoms with Gasteiger partial charge in [-0.05, 0) is 30.2 Å². The highest BCUT2D eigenvalue weighted by molar-refractivity contribution is 9.10. The quantitative estimate of drug-likeness (QED) is 0.737. The molecule has 1 aromatic carbocycles. The molecule has 1 aromatic rings. The molecule has 0 aliphatic heterocycles. The van der Waals surface area contributed by atoms with Crippen molar-refractivity contribution in [1.82, 2.24) is 5.32 Å². The Hall–Kier alpha value is -2.09. The van der Waals surface area contributed by atoms with Crippen molar-refractivity contribution in [3.63, 3.8) is 0 Å². The van der Waals surface area contributed by atoms with Crippen LogP contribution in [-0.4, -0.2) is 30.6 Å². The molecule has 0 bridgehead atoms. The Balaban J connectivity index is 2.54. The number of primary amides is 1. The van der Waals surface area contributed by atoms with E-state index in [4.69, 9.17) is 15.2 Å². The molecule has 3 N–H and O–H groups in total. The van der Waals surface area contributed by atoms with Crippen molar-refractivity contribution < 1.29 is 23.9 Å². The van der Waals surface area contributed by atoms with Gasteiger partial charge >= 0.3 is 12.0 Å². The number of carbonyl (C=O) groups excluding carboxylic acids is 3. The highest BCUT2D eigenvalue weighted by atomic mass is 79.9. The normalized spacial score (nSPS) is 11.6. The molecule has 7 nitrogen and oxygen atoms in total. The number of urea groups is 1. The van der Waals surface area contributed by atoms with E-state index < -0.39 is 24.0 Å². The van der Waals surface area contributed by atoms with Gasteiger partial charge in [0.05, 0.1) is 0 Å². The second kappa shape index (κ2) is 8.38. The van der Waals surface area contributed by atoms with Crippen LogP contribution in [0.2, 0.25) is 0 Å². The third-order valence-electron chi connectivity index (χ3n) is 2.54. The van der Waals surface area contributed by atoms with Gasteiger partial charge in [-0.15, -0.1) is 0 Å². The van der Waals surface area contributed by atoms with E-state index in [-0.39, 0.29) is 12.5 Å². The summed E-state index contributed by atoms with van der Waals surface area (Å²) in [5.74, 6) is -1.32. The zero-order chi connectivity index (χ0) is 16.7. The van der Waals surface area contributed by atoms with Gasteiger partial charge in [0.2, 0.25) is 0 Å². The van der Waals surface area contributed by atoms with Gasteiger partial charge in [0.15, 0.2) is 12.7 Å². The summed E-state index contributed by atoms with van der Waals surface area (Å²) in [7, 11) is 0. The van der Waals surface area contributed by atoms with Gasteiger partial charge in [0.1, 0.15) is 5.75 Å². The molecule has 22 heavy (non-hydrogen) atoms. The molecule has 0 saturated carbocycles. The molecule has 0 aliphatic rings. The monoisotopic (exact) mass is 372 g/mol. The van der Waals surface area contributed by atoms with Gasteiger partial charge in [-0.1, -0.05) is 29.8 Å². The lowest BCUT2D eigenvalue weighted by atomic mass is 10.1. The summed E-state index contributed by atoms with van der Waals surface area (Å²) in [6.45, 7) is 3.00. The zero-order valence-corrected chi connectivity index (χ0v) is 13.8. The van der Waals surface area contributed by atoms with Crippen LogP contribution in [0.15, 0.2) is 28.7 Å². The number of imide groups is 1. The first-order valence-corrected chi connectivity index (χ1v) is 7.27. The van der Waals surface area contributed by atoms with Gasteiger partial charge in [-0.3, -0.25) is 10.1 Å². The van der Waals surface area contributed by atoms with Crippen LogP contribution in [-0.2, 0) is 14.3 Å². The van der Waals surface area contributed by atoms with Crippen LogP contribution in [0, 0.1) is 5.92 Å². The maximum Gasteiger partial charge on any atom is 0.344 e. The number of halogens is 1. The lowest BCUT2D eigenvalue weighted by Gasteiger charge is -2.19. The molecule has 0 aliphatic carbocycles. The molecule has 120 valence electrons. The number of rotatable bonds is 6. The number of carbonyl (C=O) groups is 3. The van der Waals surface area contributed by atoms with E-state index in [2.05, 4.69) is 15.9 Å². The number of hydrogen-bond donors (Lipinski definition) is 2. The first kappa shape index (κ1) is 18.0. The lowest BCUT2D eigenvalue weighted by Crippen LogP contribution is -2.46. The minimum atomic E-state index is -1.12. The number of esters is 1. The highest BCUT2D eigenvalue weighted by Crippen LogP contribution is 2.16. The van der Waals surface area contributed by atoms with Crippen molar-refractivity contribution in [3.05, 3.63) is 28.7 Å². The van der Waals surface area contributed by atoms with Crippen LogP contribution < -0.4 is 15.8 Å². The maximum absolute atomic E-state index is 11.7. The summed E-state index contributed by atoms with van der Waals surface area (Å²) in [6.07, 6.45) is -1.12. The molecule has 3 amide bonds. The molecule has 0 fully saturated rings. The Kier molecular flexibility index (Phi) is 6.84. The summed E-state index contributed by atoms with van der Waals surface area (Å²) >= 11 is 3.28. The predicted octanol–water partition coefficient (Wildman–Crippen LogP) is 1.59. The largest absolute Gasteiger partial charge is 0.482 e. The van der Waals surface area contributed by atoms with Crippen LogP contribution in [0.4, 0.5) is 4.79 Å². The number of benzene rings is 1. The second-order valence-corrected chi connectivity index (χ2v) is 5.67. The number of amides is 3. The number of nitrogens with one attached hydrogen (secondary N) is 1. The minimum absolute atomic E-state index is 0.323. The van der Waals surface area contributed by atoms with Gasteiger partial charge in [-0.25, -0.2) is 9.59 Å². The third-order valence-corrected chi connectivity index (χ3v) is 3.07. The average molecular weight is 373 g/mol. The van der Waals surface area contributed by atoms with Crippen LogP contribution in [0.3, 0.4) is 0 Å². The molecular formula is C14H17BrN2O5. The Morgan fingerprint density at radius 1 is 1.23 bits per heavy atom. The van der Waals surface area contributed by atoms with Crippen molar-refractivity contribution in [2.24, 2.45) is 11.7 Å². The molecule has 0 heterocycles. The third kappa shape index (κ3) is 6.13. The Labute approximate surface area is 136 Å². The highest BCUT2D eigenvalue weighted by Gasteiger charge is 2.27. The first-order valence-electron chi connectivity index (χ1n) is 6.47. The summed E-state index contributed by atoms with van der Waals surface area (Å²) < 4.78 is 11.2. The van der Waals surface area contributed by atoms with Crippen LogP contribution in [0.5, 0.6) is 5.75 Å². The standard InChI is InChI=1S/C14H17BrN2O5/c1-8(2)12(13(19)17-14(16)20)22-11(18)7-21-10-5-3-9(15)4-6-10/h3-6,8,12H,7H2,1-2H3,(H3,16,17,19,20)/t12-/m1/s1. The molecule has 0 spiro atoms. The van der Waals surface area contributed by atoms with E-state index in [1.165, 1.54) is 0 Å². The summed E-state index contributed by atoms with van der Waals surface area (Å²) in [5, 5.41) is 1.89. The molecular weight excluding hydrogens is 356 g/mol. The summed E-state index contributed by atoms with van der Waals surface area (Å²) in [4.78, 5) is 34.1. The maximum atomic E-state index is 11.7. The molecule has 0 radical (unpaired) electrons. The number of nitrogens with two attached hydrogens (primary N) is 1. The van der Waals surface area contributed by atoms with Crippen molar-refractivity contribution in [2.45, 2.75) is 20.0 Å². The lowest BCUT2D eigenvalue weighted by molar-refractivity contribution is -0.160. The SMILES string of the molecule is CC(C)[C@@H](OC(=O)COc1ccc(Br)cc1)C(=O)NC(N)=O. The van der Waals surface area contributed by atoms with E-state index >= 15 is 0 Å². The van der Waals surface area contributed by atoms with Crippen molar-refractivity contribution in [2.75, 3.05) is 6.61 Å². The fraction of sp³-hybridized carbons (Fsp3) is 0.357. The topological polar surface area (TPSA) is 108 Å². The zero-order valence-electron chi connectivity index (χ0n) is 12.2. The first-order chi connectivity index (χ1) is 10.3. The minimum Gasteiger partial charge on any atom is -0.482 e. The second-order valence-electron chi connectivity index (χ2n) is 4.75. The molecule has 1 atom stereocenters. The van der Waals surface area contributed by atoms with Crippen molar-refractivity contribution >= 4 is 33.8 Å². The molecule has 0 saturated heterocycles. The number of hydrogen-bond acceptors (Lipinski definition) is 5. The van der Waals surface area contributed by atoms with Gasteiger partial charge < -0.3 is 15.2 Å². The Bertz CT molecular complexity index is 545. The summed E-state index contributed by atoms with van der Waals surface area (Å²) in [6, 6.07) is 5.88. The molecule has 0 aromatic heterocycles. The average Bonchev–Trinajstić information content (AvgIpc) is 2.43. The van der Waals surface area contributed by atoms with E-state index in [1.807, 2.05) is 5.32 Å². The smallest absolute Gasteiger partial charge is 0.344 e. The van der Waals surface area contributed by atoms with E-state index in [0.29, 0.717) is 5.75 Å².